The number of rotatable bonds is 5. The minimum Gasteiger partial charge on any atom is -0.320 e. The van der Waals surface area contributed by atoms with Crippen molar-refractivity contribution in [3.8, 4) is 11.1 Å². The summed E-state index contributed by atoms with van der Waals surface area (Å²) in [6.45, 7) is 3.17. The zero-order valence-corrected chi connectivity index (χ0v) is 16.2. The van der Waals surface area contributed by atoms with Crippen LogP contribution < -0.4 is 5.32 Å². The van der Waals surface area contributed by atoms with Crippen LogP contribution >= 0.6 is 0 Å². The summed E-state index contributed by atoms with van der Waals surface area (Å²) in [5.74, 6) is -0.804. The van der Waals surface area contributed by atoms with E-state index < -0.39 is 11.7 Å². The predicted octanol–water partition coefficient (Wildman–Crippen LogP) is 4.22. The maximum Gasteiger partial charge on any atom is 0.276 e. The fourth-order valence-corrected chi connectivity index (χ4v) is 3.65. The van der Waals surface area contributed by atoms with E-state index in [4.69, 9.17) is 0 Å². The molecular weight excluding hydrogens is 381 g/mol. The zero-order chi connectivity index (χ0) is 20.5. The number of hydrogen-bond acceptors (Lipinski definition) is 4. The summed E-state index contributed by atoms with van der Waals surface area (Å²) in [4.78, 5) is 19.5. The Hall–Kier alpha value is -3.58. The van der Waals surface area contributed by atoms with Crippen LogP contribution in [0, 0.1) is 5.82 Å². The van der Waals surface area contributed by atoms with Crippen LogP contribution in [0.4, 0.5) is 10.1 Å². The van der Waals surface area contributed by atoms with Gasteiger partial charge in [-0.15, -0.1) is 0 Å². The van der Waals surface area contributed by atoms with Crippen molar-refractivity contribution >= 4 is 22.5 Å². The van der Waals surface area contributed by atoms with E-state index in [0.29, 0.717) is 11.1 Å². The normalized spacial score (nSPS) is 13.9. The standard InChI is InChI=1S/C23H20FN5O/c24-18-3-1-4-19(11-18)26-23(30)22-20-10-16(5-6-21(20)27-28-22)17-9-15(12-25-13-17)14-29-7-2-8-29/h1,3-6,9-13H,2,7-8,14H2,(H,26,30)(H,27,28). The Kier molecular flexibility index (Phi) is 4.72. The van der Waals surface area contributed by atoms with E-state index in [1.54, 1.807) is 12.1 Å². The van der Waals surface area contributed by atoms with Crippen molar-refractivity contribution < 1.29 is 9.18 Å². The van der Waals surface area contributed by atoms with E-state index in [2.05, 4.69) is 31.5 Å². The Balaban J connectivity index is 1.44. The van der Waals surface area contributed by atoms with Crippen molar-refractivity contribution in [1.29, 1.82) is 0 Å². The zero-order valence-electron chi connectivity index (χ0n) is 16.2. The van der Waals surface area contributed by atoms with E-state index in [9.17, 15) is 9.18 Å². The third-order valence-electron chi connectivity index (χ3n) is 5.34. The Morgan fingerprint density at radius 1 is 1.10 bits per heavy atom. The number of hydrogen-bond donors (Lipinski definition) is 2. The molecule has 1 aliphatic heterocycles. The topological polar surface area (TPSA) is 73.9 Å². The molecule has 0 bridgehead atoms. The van der Waals surface area contributed by atoms with Crippen LogP contribution in [-0.2, 0) is 6.54 Å². The molecule has 0 saturated carbocycles. The van der Waals surface area contributed by atoms with Crippen molar-refractivity contribution in [2.45, 2.75) is 13.0 Å². The highest BCUT2D eigenvalue weighted by Crippen LogP contribution is 2.26. The molecule has 150 valence electrons. The van der Waals surface area contributed by atoms with Gasteiger partial charge in [0.05, 0.1) is 5.52 Å². The van der Waals surface area contributed by atoms with E-state index in [-0.39, 0.29) is 5.69 Å². The maximum atomic E-state index is 13.4. The summed E-state index contributed by atoms with van der Waals surface area (Å²) in [6.07, 6.45) is 4.98. The molecule has 1 fully saturated rings. The van der Waals surface area contributed by atoms with Gasteiger partial charge in [0.1, 0.15) is 5.82 Å². The first kappa shape index (κ1) is 18.4. The minimum absolute atomic E-state index is 0.265. The Bertz CT molecular complexity index is 1230. The number of likely N-dealkylation sites (tertiary alicyclic amines) is 1. The quantitative estimate of drug-likeness (QED) is 0.525. The molecule has 1 aliphatic rings. The molecule has 1 amide bonds. The fraction of sp³-hybridized carbons (Fsp3) is 0.174. The molecule has 2 aromatic heterocycles. The van der Waals surface area contributed by atoms with Crippen LogP contribution in [-0.4, -0.2) is 39.1 Å². The van der Waals surface area contributed by atoms with Crippen LogP contribution in [0.15, 0.2) is 60.9 Å². The molecule has 0 unspecified atom stereocenters. The fourth-order valence-electron chi connectivity index (χ4n) is 3.65. The van der Waals surface area contributed by atoms with Gasteiger partial charge in [0.2, 0.25) is 0 Å². The van der Waals surface area contributed by atoms with Crippen LogP contribution in [0.2, 0.25) is 0 Å². The summed E-state index contributed by atoms with van der Waals surface area (Å²) in [7, 11) is 0. The van der Waals surface area contributed by atoms with Gasteiger partial charge in [-0.2, -0.15) is 5.10 Å². The lowest BCUT2D eigenvalue weighted by Crippen LogP contribution is -2.36. The van der Waals surface area contributed by atoms with Gasteiger partial charge in [0.25, 0.3) is 5.91 Å². The summed E-state index contributed by atoms with van der Waals surface area (Å²) in [6, 6.07) is 13.7. The highest BCUT2D eigenvalue weighted by Gasteiger charge is 2.17. The predicted molar refractivity (Wildman–Crippen MR) is 114 cm³/mol. The van der Waals surface area contributed by atoms with E-state index in [1.807, 2.05) is 30.6 Å². The number of carbonyl (C=O) groups excluding carboxylic acids is 1. The largest absolute Gasteiger partial charge is 0.320 e. The summed E-state index contributed by atoms with van der Waals surface area (Å²) >= 11 is 0. The van der Waals surface area contributed by atoms with Crippen molar-refractivity contribution in [2.24, 2.45) is 0 Å². The second-order valence-corrected chi connectivity index (χ2v) is 7.51. The monoisotopic (exact) mass is 401 g/mol. The van der Waals surface area contributed by atoms with E-state index in [0.717, 1.165) is 36.3 Å². The highest BCUT2D eigenvalue weighted by atomic mass is 19.1. The van der Waals surface area contributed by atoms with Gasteiger partial charge < -0.3 is 5.32 Å². The number of anilines is 1. The first-order chi connectivity index (χ1) is 14.7. The molecule has 5 rings (SSSR count). The SMILES string of the molecule is O=C(Nc1cccc(F)c1)c1n[nH]c2ccc(-c3cncc(CN4CCC4)c3)cc12. The molecule has 30 heavy (non-hydrogen) atoms. The smallest absolute Gasteiger partial charge is 0.276 e. The average molecular weight is 401 g/mol. The molecule has 0 radical (unpaired) electrons. The van der Waals surface area contributed by atoms with Gasteiger partial charge in [-0.3, -0.25) is 19.8 Å². The number of H-pyrrole nitrogens is 1. The van der Waals surface area contributed by atoms with Crippen LogP contribution in [0.3, 0.4) is 0 Å². The molecule has 0 spiro atoms. The second-order valence-electron chi connectivity index (χ2n) is 7.51. The number of aromatic nitrogens is 3. The molecule has 2 N–H and O–H groups in total. The van der Waals surface area contributed by atoms with E-state index in [1.165, 1.54) is 24.1 Å². The van der Waals surface area contributed by atoms with Crippen LogP contribution in [0.5, 0.6) is 0 Å². The Morgan fingerprint density at radius 3 is 2.80 bits per heavy atom. The van der Waals surface area contributed by atoms with Crippen molar-refractivity contribution in [1.82, 2.24) is 20.1 Å². The summed E-state index contributed by atoms with van der Waals surface area (Å²) < 4.78 is 13.4. The van der Waals surface area contributed by atoms with E-state index >= 15 is 0 Å². The van der Waals surface area contributed by atoms with Crippen molar-refractivity contribution in [3.05, 3.63) is 78.0 Å². The molecule has 3 heterocycles. The molecule has 4 aromatic rings. The van der Waals surface area contributed by atoms with Gasteiger partial charge in [0, 0.05) is 35.6 Å². The molecule has 0 aliphatic carbocycles. The lowest BCUT2D eigenvalue weighted by atomic mass is 10.0. The number of nitrogens with one attached hydrogen (secondary N) is 2. The van der Waals surface area contributed by atoms with Crippen molar-refractivity contribution in [2.75, 3.05) is 18.4 Å². The van der Waals surface area contributed by atoms with Gasteiger partial charge >= 0.3 is 0 Å². The summed E-state index contributed by atoms with van der Waals surface area (Å²) in [5.41, 5.74) is 4.53. The van der Waals surface area contributed by atoms with Gasteiger partial charge in [-0.05, 0) is 67.0 Å². The molecular formula is C23H20FN5O. The molecule has 0 atom stereocenters. The molecule has 1 saturated heterocycles. The van der Waals surface area contributed by atoms with Crippen LogP contribution in [0.25, 0.3) is 22.0 Å². The van der Waals surface area contributed by atoms with Crippen molar-refractivity contribution in [3.63, 3.8) is 0 Å². The lowest BCUT2D eigenvalue weighted by molar-refractivity contribution is 0.102. The lowest BCUT2D eigenvalue weighted by Gasteiger charge is -2.30. The third-order valence-corrected chi connectivity index (χ3v) is 5.34. The van der Waals surface area contributed by atoms with Crippen LogP contribution in [0.1, 0.15) is 22.5 Å². The Morgan fingerprint density at radius 2 is 2.00 bits per heavy atom. The highest BCUT2D eigenvalue weighted by molar-refractivity contribution is 6.11. The molecule has 2 aromatic carbocycles. The summed E-state index contributed by atoms with van der Waals surface area (Å²) in [5, 5.41) is 10.5. The van der Waals surface area contributed by atoms with Gasteiger partial charge in [0.15, 0.2) is 5.69 Å². The number of fused-ring (bicyclic) bond motifs is 1. The minimum atomic E-state index is -0.410. The molecule has 7 heteroatoms. The number of nitrogens with zero attached hydrogens (tertiary/aromatic N) is 3. The molecule has 6 nitrogen and oxygen atoms in total. The van der Waals surface area contributed by atoms with Gasteiger partial charge in [-0.1, -0.05) is 12.1 Å². The Labute approximate surface area is 172 Å². The number of aromatic amines is 1. The first-order valence-electron chi connectivity index (χ1n) is 9.87. The first-order valence-corrected chi connectivity index (χ1v) is 9.87. The average Bonchev–Trinajstić information content (AvgIpc) is 3.14. The number of carbonyl (C=O) groups is 1. The number of amides is 1. The maximum absolute atomic E-state index is 13.4. The number of pyridine rings is 1. The third kappa shape index (κ3) is 3.67. The van der Waals surface area contributed by atoms with Gasteiger partial charge in [-0.25, -0.2) is 4.39 Å². The second kappa shape index (κ2) is 7.68. The number of benzene rings is 2. The number of halogens is 1.